The summed E-state index contributed by atoms with van der Waals surface area (Å²) in [6.45, 7) is 15.8. The molecule has 0 radical (unpaired) electrons. The van der Waals surface area contributed by atoms with Gasteiger partial charge in [0, 0.05) is 11.5 Å². The molecule has 26 heavy (non-hydrogen) atoms. The third kappa shape index (κ3) is 4.96. The zero-order valence-corrected chi connectivity index (χ0v) is 17.9. The maximum absolute atomic E-state index is 11.9. The molecule has 146 valence electrons. The summed E-state index contributed by atoms with van der Waals surface area (Å²) in [5.74, 6) is -0.325. The summed E-state index contributed by atoms with van der Waals surface area (Å²) in [7, 11) is -1.80. The first-order valence-electron chi connectivity index (χ1n) is 9.57. The van der Waals surface area contributed by atoms with E-state index in [1.54, 1.807) is 0 Å². The van der Waals surface area contributed by atoms with Gasteiger partial charge in [0.25, 0.3) is 0 Å². The van der Waals surface area contributed by atoms with Crippen LogP contribution in [0.5, 0.6) is 0 Å². The van der Waals surface area contributed by atoms with Crippen LogP contribution in [0.1, 0.15) is 46.5 Å². The Bertz CT molecular complexity index is 610. The van der Waals surface area contributed by atoms with Gasteiger partial charge < -0.3 is 14.3 Å². The van der Waals surface area contributed by atoms with E-state index in [0.29, 0.717) is 12.2 Å². The Hall–Kier alpha value is -1.17. The van der Waals surface area contributed by atoms with Gasteiger partial charge in [0.15, 0.2) is 8.32 Å². The summed E-state index contributed by atoms with van der Waals surface area (Å²) in [5, 5.41) is 9.80. The number of aliphatic hydroxyl groups excluding tert-OH is 1. The maximum Gasteiger partial charge on any atom is 0.334 e. The second-order valence-corrected chi connectivity index (χ2v) is 13.8. The van der Waals surface area contributed by atoms with Crippen LogP contribution in [-0.2, 0) is 14.0 Å². The van der Waals surface area contributed by atoms with Gasteiger partial charge >= 0.3 is 5.97 Å². The van der Waals surface area contributed by atoms with Gasteiger partial charge in [0.05, 0.1) is 13.2 Å². The molecule has 5 heteroatoms. The highest BCUT2D eigenvalue weighted by Gasteiger charge is 2.39. The highest BCUT2D eigenvalue weighted by Crippen LogP contribution is 2.38. The molecular formula is C21H34O4Si. The van der Waals surface area contributed by atoms with Crippen molar-refractivity contribution in [2.75, 3.05) is 13.2 Å². The second-order valence-electron chi connectivity index (χ2n) is 8.97. The molecule has 2 aliphatic rings. The fraction of sp³-hybridized carbons (Fsp3) is 0.667. The molecule has 0 spiro atoms. The predicted octanol–water partition coefficient (Wildman–Crippen LogP) is 4.53. The minimum atomic E-state index is -1.80. The normalized spacial score (nSPS) is 29.3. The molecule has 0 aromatic carbocycles. The van der Waals surface area contributed by atoms with Crippen molar-refractivity contribution in [3.8, 4) is 0 Å². The van der Waals surface area contributed by atoms with E-state index in [0.717, 1.165) is 31.3 Å². The van der Waals surface area contributed by atoms with Crippen LogP contribution in [0, 0.1) is 5.92 Å². The number of esters is 1. The Balaban J connectivity index is 2.13. The fourth-order valence-electron chi connectivity index (χ4n) is 3.09. The number of hydrogen-bond donors (Lipinski definition) is 1. The van der Waals surface area contributed by atoms with Crippen molar-refractivity contribution in [3.05, 3.63) is 35.5 Å². The van der Waals surface area contributed by atoms with Gasteiger partial charge in [-0.25, -0.2) is 4.79 Å². The first kappa shape index (κ1) is 21.1. The zero-order chi connectivity index (χ0) is 19.5. The van der Waals surface area contributed by atoms with Crippen molar-refractivity contribution < 1.29 is 19.1 Å². The maximum atomic E-state index is 11.9. The van der Waals surface area contributed by atoms with Crippen LogP contribution < -0.4 is 0 Å². The van der Waals surface area contributed by atoms with Gasteiger partial charge in [0.1, 0.15) is 6.10 Å². The number of ether oxygens (including phenoxy) is 1. The van der Waals surface area contributed by atoms with Gasteiger partial charge in [-0.3, -0.25) is 0 Å². The van der Waals surface area contributed by atoms with E-state index in [2.05, 4.69) is 46.5 Å². The second kappa shape index (κ2) is 8.24. The van der Waals surface area contributed by atoms with E-state index in [4.69, 9.17) is 9.16 Å². The average Bonchev–Trinajstić information content (AvgIpc) is 2.82. The summed E-state index contributed by atoms with van der Waals surface area (Å²) >= 11 is 0. The van der Waals surface area contributed by atoms with Crippen LogP contribution in [-0.4, -0.2) is 38.7 Å². The topological polar surface area (TPSA) is 55.8 Å². The van der Waals surface area contributed by atoms with E-state index < -0.39 is 8.32 Å². The summed E-state index contributed by atoms with van der Waals surface area (Å²) in [6, 6.07) is 0. The number of carbonyl (C=O) groups excluding carboxylic acids is 1. The van der Waals surface area contributed by atoms with Crippen LogP contribution in [0.3, 0.4) is 0 Å². The minimum Gasteiger partial charge on any atom is -0.454 e. The quantitative estimate of drug-likeness (QED) is 0.338. The molecule has 4 nitrogen and oxygen atoms in total. The molecule has 2 rings (SSSR count). The molecule has 1 aliphatic carbocycles. The molecule has 2 atom stereocenters. The van der Waals surface area contributed by atoms with Crippen molar-refractivity contribution in [2.24, 2.45) is 5.92 Å². The molecule has 0 saturated carbocycles. The predicted molar refractivity (Wildman–Crippen MR) is 107 cm³/mol. The van der Waals surface area contributed by atoms with Gasteiger partial charge in [-0.1, -0.05) is 33.4 Å². The lowest BCUT2D eigenvalue weighted by atomic mass is 9.88. The molecule has 0 unspecified atom stereocenters. The molecular weight excluding hydrogens is 344 g/mol. The fourth-order valence-corrected chi connectivity index (χ4v) is 4.07. The van der Waals surface area contributed by atoms with Crippen molar-refractivity contribution in [1.29, 1.82) is 0 Å². The Labute approximate surface area is 159 Å². The smallest absolute Gasteiger partial charge is 0.334 e. The minimum absolute atomic E-state index is 0.00309. The highest BCUT2D eigenvalue weighted by atomic mass is 28.4. The van der Waals surface area contributed by atoms with E-state index in [9.17, 15) is 9.90 Å². The van der Waals surface area contributed by atoms with Crippen molar-refractivity contribution in [1.82, 2.24) is 0 Å². The third-order valence-corrected chi connectivity index (χ3v) is 10.5. The van der Waals surface area contributed by atoms with E-state index in [-0.39, 0.29) is 29.6 Å². The van der Waals surface area contributed by atoms with Gasteiger partial charge in [-0.15, -0.1) is 0 Å². The summed E-state index contributed by atoms with van der Waals surface area (Å²) < 4.78 is 11.9. The number of carbonyl (C=O) groups is 1. The number of aliphatic hydroxyl groups is 1. The standard InChI is InChI=1S/C21H34O4Si/c1-15-18-11-10-16(14-24-26(5,6)21(2,3)4)8-7-9-17(13-22)12-19(18)25-20(15)23/h8,12,18-19,22H,1,7,9-11,13-14H2,2-6H3/b16-8+,17-12+/t18-,19+/m0/s1. The van der Waals surface area contributed by atoms with Crippen molar-refractivity contribution >= 4 is 14.3 Å². The Morgan fingerprint density at radius 3 is 2.62 bits per heavy atom. The summed E-state index contributed by atoms with van der Waals surface area (Å²) in [6.07, 6.45) is 7.22. The Kier molecular flexibility index (Phi) is 6.69. The lowest BCUT2D eigenvalue weighted by molar-refractivity contribution is -0.137. The van der Waals surface area contributed by atoms with Crippen LogP contribution in [0.15, 0.2) is 35.5 Å². The monoisotopic (exact) mass is 378 g/mol. The van der Waals surface area contributed by atoms with Crippen LogP contribution in [0.25, 0.3) is 0 Å². The van der Waals surface area contributed by atoms with Gasteiger partial charge in [0.2, 0.25) is 0 Å². The van der Waals surface area contributed by atoms with Crippen molar-refractivity contribution in [3.63, 3.8) is 0 Å². The first-order chi connectivity index (χ1) is 12.0. The number of allylic oxidation sites excluding steroid dienone is 1. The molecule has 1 heterocycles. The molecule has 0 aromatic rings. The van der Waals surface area contributed by atoms with Gasteiger partial charge in [-0.2, -0.15) is 0 Å². The largest absolute Gasteiger partial charge is 0.454 e. The Morgan fingerprint density at radius 2 is 2.00 bits per heavy atom. The van der Waals surface area contributed by atoms with Crippen molar-refractivity contribution in [2.45, 2.75) is 70.7 Å². The van der Waals surface area contributed by atoms with E-state index in [1.807, 2.05) is 6.08 Å². The van der Waals surface area contributed by atoms with E-state index in [1.165, 1.54) is 5.57 Å². The highest BCUT2D eigenvalue weighted by molar-refractivity contribution is 6.74. The summed E-state index contributed by atoms with van der Waals surface area (Å²) in [5.41, 5.74) is 2.75. The zero-order valence-electron chi connectivity index (χ0n) is 16.9. The number of fused-ring (bicyclic) bond motifs is 1. The van der Waals surface area contributed by atoms with Crippen LogP contribution in [0.2, 0.25) is 18.1 Å². The SMILES string of the molecule is C=C1C(=O)O[C@@H]2/C=C(/CO)CC/C=C(/CO[Si](C)(C)C(C)(C)C)CC[C@@H]12. The molecule has 1 N–H and O–H groups in total. The molecule has 1 fully saturated rings. The van der Waals surface area contributed by atoms with Crippen LogP contribution >= 0.6 is 0 Å². The number of hydrogen-bond acceptors (Lipinski definition) is 4. The van der Waals surface area contributed by atoms with E-state index >= 15 is 0 Å². The Morgan fingerprint density at radius 1 is 1.31 bits per heavy atom. The molecule has 0 amide bonds. The van der Waals surface area contributed by atoms with Gasteiger partial charge in [-0.05, 0) is 61.0 Å². The molecule has 1 saturated heterocycles. The summed E-state index contributed by atoms with van der Waals surface area (Å²) in [4.78, 5) is 11.9. The third-order valence-electron chi connectivity index (χ3n) is 6.05. The lowest BCUT2D eigenvalue weighted by Crippen LogP contribution is -2.41. The lowest BCUT2D eigenvalue weighted by Gasteiger charge is -2.36. The first-order valence-corrected chi connectivity index (χ1v) is 12.5. The average molecular weight is 379 g/mol. The molecule has 1 aliphatic heterocycles. The van der Waals surface area contributed by atoms with Crippen LogP contribution in [0.4, 0.5) is 0 Å². The molecule has 0 aromatic heterocycles. The molecule has 0 bridgehead atoms. The number of rotatable bonds is 4.